The van der Waals surface area contributed by atoms with Gasteiger partial charge in [-0.05, 0) is 30.2 Å². The Labute approximate surface area is 125 Å². The van der Waals surface area contributed by atoms with Crippen molar-refractivity contribution in [2.45, 2.75) is 13.5 Å². The number of amides is 2. The average molecular weight is 278 g/mol. The Morgan fingerprint density at radius 2 is 1.71 bits per heavy atom. The second-order valence-electron chi connectivity index (χ2n) is 4.63. The lowest BCUT2D eigenvalue weighted by molar-refractivity contribution is 0.241. The van der Waals surface area contributed by atoms with E-state index in [1.807, 2.05) is 61.5 Å². The third-order valence-corrected chi connectivity index (χ3v) is 3.04. The van der Waals surface area contributed by atoms with E-state index in [0.717, 1.165) is 11.1 Å². The first-order valence-electron chi connectivity index (χ1n) is 6.86. The van der Waals surface area contributed by atoms with Gasteiger partial charge in [-0.1, -0.05) is 54.3 Å². The van der Waals surface area contributed by atoms with E-state index in [9.17, 15) is 4.79 Å². The van der Waals surface area contributed by atoms with Crippen molar-refractivity contribution in [1.29, 1.82) is 0 Å². The quantitative estimate of drug-likeness (QED) is 0.833. The molecule has 0 atom stereocenters. The standard InChI is InChI=1S/C18H18N2O/c1-15-8-5-6-12-17(15)14-20-18(21)19-13-7-11-16-9-3-2-4-10-16/h2-6,8-10,12H,13-14H2,1H3,(H2,19,20,21). The van der Waals surface area contributed by atoms with E-state index in [1.165, 1.54) is 5.56 Å². The van der Waals surface area contributed by atoms with Gasteiger partial charge >= 0.3 is 6.03 Å². The van der Waals surface area contributed by atoms with Crippen LogP contribution in [-0.4, -0.2) is 12.6 Å². The van der Waals surface area contributed by atoms with E-state index < -0.39 is 0 Å². The first-order chi connectivity index (χ1) is 10.3. The van der Waals surface area contributed by atoms with Crippen LogP contribution in [0.5, 0.6) is 0 Å². The van der Waals surface area contributed by atoms with Crippen LogP contribution in [0.15, 0.2) is 54.6 Å². The minimum atomic E-state index is -0.208. The average Bonchev–Trinajstić information content (AvgIpc) is 2.52. The van der Waals surface area contributed by atoms with Crippen molar-refractivity contribution in [3.8, 4) is 11.8 Å². The molecular formula is C18H18N2O. The number of urea groups is 1. The number of aryl methyl sites for hydroxylation is 1. The second kappa shape index (κ2) is 7.76. The Morgan fingerprint density at radius 3 is 2.48 bits per heavy atom. The van der Waals surface area contributed by atoms with Gasteiger partial charge in [0.1, 0.15) is 0 Å². The van der Waals surface area contributed by atoms with Crippen LogP contribution < -0.4 is 10.6 Å². The molecule has 2 aromatic carbocycles. The van der Waals surface area contributed by atoms with Crippen LogP contribution in [0.3, 0.4) is 0 Å². The minimum Gasteiger partial charge on any atom is -0.334 e. The van der Waals surface area contributed by atoms with Gasteiger partial charge in [-0.25, -0.2) is 4.79 Å². The zero-order valence-corrected chi connectivity index (χ0v) is 12.0. The van der Waals surface area contributed by atoms with Crippen molar-refractivity contribution in [1.82, 2.24) is 10.6 Å². The molecular weight excluding hydrogens is 260 g/mol. The predicted molar refractivity (Wildman–Crippen MR) is 84.7 cm³/mol. The summed E-state index contributed by atoms with van der Waals surface area (Å²) < 4.78 is 0. The minimum absolute atomic E-state index is 0.208. The van der Waals surface area contributed by atoms with Crippen molar-refractivity contribution in [2.24, 2.45) is 0 Å². The van der Waals surface area contributed by atoms with Crippen molar-refractivity contribution >= 4 is 6.03 Å². The largest absolute Gasteiger partial charge is 0.334 e. The number of carbonyl (C=O) groups excluding carboxylic acids is 1. The molecule has 0 unspecified atom stereocenters. The third kappa shape index (κ3) is 5.04. The maximum atomic E-state index is 11.6. The molecule has 3 heteroatoms. The number of nitrogens with one attached hydrogen (secondary N) is 2. The molecule has 0 spiro atoms. The van der Waals surface area contributed by atoms with Gasteiger partial charge in [-0.15, -0.1) is 0 Å². The summed E-state index contributed by atoms with van der Waals surface area (Å²) in [4.78, 5) is 11.6. The van der Waals surface area contributed by atoms with Gasteiger partial charge in [0, 0.05) is 12.1 Å². The van der Waals surface area contributed by atoms with E-state index in [0.29, 0.717) is 13.1 Å². The Kier molecular flexibility index (Phi) is 5.42. The number of hydrogen-bond acceptors (Lipinski definition) is 1. The second-order valence-corrected chi connectivity index (χ2v) is 4.63. The van der Waals surface area contributed by atoms with Crippen molar-refractivity contribution in [2.75, 3.05) is 6.54 Å². The highest BCUT2D eigenvalue weighted by atomic mass is 16.2. The summed E-state index contributed by atoms with van der Waals surface area (Å²) in [7, 11) is 0. The summed E-state index contributed by atoms with van der Waals surface area (Å²) >= 11 is 0. The van der Waals surface area contributed by atoms with Gasteiger partial charge in [0.2, 0.25) is 0 Å². The first-order valence-corrected chi connectivity index (χ1v) is 6.86. The van der Waals surface area contributed by atoms with E-state index >= 15 is 0 Å². The monoisotopic (exact) mass is 278 g/mol. The molecule has 0 aliphatic carbocycles. The van der Waals surface area contributed by atoms with Gasteiger partial charge < -0.3 is 10.6 Å². The van der Waals surface area contributed by atoms with Gasteiger partial charge in [0.25, 0.3) is 0 Å². The Bertz CT molecular complexity index is 654. The molecule has 0 fully saturated rings. The maximum Gasteiger partial charge on any atom is 0.315 e. The molecule has 0 bridgehead atoms. The smallest absolute Gasteiger partial charge is 0.315 e. The topological polar surface area (TPSA) is 41.1 Å². The van der Waals surface area contributed by atoms with Gasteiger partial charge in [0.15, 0.2) is 0 Å². The number of benzene rings is 2. The van der Waals surface area contributed by atoms with Crippen LogP contribution in [0.4, 0.5) is 4.79 Å². The summed E-state index contributed by atoms with van der Waals surface area (Å²) in [6, 6.07) is 17.5. The van der Waals surface area contributed by atoms with Crippen LogP contribution in [-0.2, 0) is 6.54 Å². The molecule has 0 radical (unpaired) electrons. The third-order valence-electron chi connectivity index (χ3n) is 3.04. The van der Waals surface area contributed by atoms with Crippen LogP contribution in [0.25, 0.3) is 0 Å². The molecule has 2 amide bonds. The zero-order valence-electron chi connectivity index (χ0n) is 12.0. The highest BCUT2D eigenvalue weighted by Crippen LogP contribution is 2.05. The molecule has 0 aliphatic rings. The molecule has 2 rings (SSSR count). The first kappa shape index (κ1) is 14.7. The molecule has 0 saturated heterocycles. The number of carbonyl (C=O) groups is 1. The summed E-state index contributed by atoms with van der Waals surface area (Å²) in [5.74, 6) is 5.91. The fourth-order valence-electron chi connectivity index (χ4n) is 1.84. The van der Waals surface area contributed by atoms with Gasteiger partial charge in [-0.2, -0.15) is 0 Å². The SMILES string of the molecule is Cc1ccccc1CNC(=O)NCC#Cc1ccccc1. The Morgan fingerprint density at radius 1 is 1.00 bits per heavy atom. The highest BCUT2D eigenvalue weighted by Gasteiger charge is 2.00. The number of rotatable bonds is 3. The van der Waals surface area contributed by atoms with Crippen LogP contribution in [0, 0.1) is 18.8 Å². The Balaban J connectivity index is 1.74. The van der Waals surface area contributed by atoms with Crippen molar-refractivity contribution in [3.63, 3.8) is 0 Å². The molecule has 106 valence electrons. The zero-order chi connectivity index (χ0) is 14.9. The molecule has 2 aromatic rings. The van der Waals surface area contributed by atoms with Crippen molar-refractivity contribution < 1.29 is 4.79 Å². The van der Waals surface area contributed by atoms with Crippen LogP contribution >= 0.6 is 0 Å². The normalized spacial score (nSPS) is 9.38. The fourth-order valence-corrected chi connectivity index (χ4v) is 1.84. The molecule has 0 heterocycles. The highest BCUT2D eigenvalue weighted by molar-refractivity contribution is 5.74. The lowest BCUT2D eigenvalue weighted by atomic mass is 10.1. The van der Waals surface area contributed by atoms with Crippen molar-refractivity contribution in [3.05, 3.63) is 71.3 Å². The predicted octanol–water partition coefficient (Wildman–Crippen LogP) is 2.85. The van der Waals surface area contributed by atoms with Gasteiger partial charge in [-0.3, -0.25) is 0 Å². The van der Waals surface area contributed by atoms with E-state index in [4.69, 9.17) is 0 Å². The van der Waals surface area contributed by atoms with E-state index in [1.54, 1.807) is 0 Å². The van der Waals surface area contributed by atoms with E-state index in [2.05, 4.69) is 22.5 Å². The Hall–Kier alpha value is -2.73. The lowest BCUT2D eigenvalue weighted by Crippen LogP contribution is -2.35. The summed E-state index contributed by atoms with van der Waals surface area (Å²) in [5.41, 5.74) is 3.23. The van der Waals surface area contributed by atoms with E-state index in [-0.39, 0.29) is 6.03 Å². The fraction of sp³-hybridized carbons (Fsp3) is 0.167. The van der Waals surface area contributed by atoms with Gasteiger partial charge in [0.05, 0.1) is 6.54 Å². The maximum absolute atomic E-state index is 11.6. The molecule has 3 nitrogen and oxygen atoms in total. The molecule has 0 saturated carbocycles. The molecule has 0 aromatic heterocycles. The molecule has 0 aliphatic heterocycles. The number of hydrogen-bond donors (Lipinski definition) is 2. The molecule has 21 heavy (non-hydrogen) atoms. The molecule has 2 N–H and O–H groups in total. The lowest BCUT2D eigenvalue weighted by Gasteiger charge is -2.07. The summed E-state index contributed by atoms with van der Waals surface area (Å²) in [5, 5.41) is 5.54. The summed E-state index contributed by atoms with van der Waals surface area (Å²) in [6.45, 7) is 2.87. The summed E-state index contributed by atoms with van der Waals surface area (Å²) in [6.07, 6.45) is 0. The van der Waals surface area contributed by atoms with Crippen LogP contribution in [0.2, 0.25) is 0 Å². The van der Waals surface area contributed by atoms with Crippen LogP contribution in [0.1, 0.15) is 16.7 Å².